The van der Waals surface area contributed by atoms with Crippen LogP contribution in [-0.2, 0) is 18.6 Å². The van der Waals surface area contributed by atoms with Crippen molar-refractivity contribution in [3.05, 3.63) is 83.4 Å². The number of nitrogens with one attached hydrogen (secondary N) is 1. The van der Waals surface area contributed by atoms with Crippen molar-refractivity contribution in [2.75, 3.05) is 12.4 Å². The van der Waals surface area contributed by atoms with Gasteiger partial charge in [-0.3, -0.25) is 4.79 Å². The Morgan fingerprint density at radius 2 is 1.62 bits per heavy atom. The van der Waals surface area contributed by atoms with Gasteiger partial charge in [-0.25, -0.2) is 4.68 Å². The summed E-state index contributed by atoms with van der Waals surface area (Å²) < 4.78 is 7.35. The smallest absolute Gasteiger partial charge is 0.260 e. The van der Waals surface area contributed by atoms with Crippen LogP contribution in [0.25, 0.3) is 11.3 Å². The average molecular weight is 499 g/mol. The van der Waals surface area contributed by atoms with Crippen molar-refractivity contribution in [1.29, 1.82) is 0 Å². The monoisotopic (exact) mass is 498 g/mol. The SMILES string of the molecule is COc1ccccc1-c1cc(Nc2cc(O)cc(O)c2C(=O)N2Cc3ccccc3C2)n(C(C)(C)C)n1. The van der Waals surface area contributed by atoms with E-state index in [0.29, 0.717) is 30.4 Å². The van der Waals surface area contributed by atoms with Crippen molar-refractivity contribution in [3.8, 4) is 28.5 Å². The molecule has 5 rings (SSSR count). The quantitative estimate of drug-likeness (QED) is 0.330. The van der Waals surface area contributed by atoms with E-state index < -0.39 is 5.54 Å². The zero-order valence-electron chi connectivity index (χ0n) is 21.3. The van der Waals surface area contributed by atoms with Gasteiger partial charge in [0, 0.05) is 36.9 Å². The molecular weight excluding hydrogens is 468 g/mol. The number of benzene rings is 3. The highest BCUT2D eigenvalue weighted by Gasteiger charge is 2.29. The maximum atomic E-state index is 13.7. The number of carbonyl (C=O) groups is 1. The minimum absolute atomic E-state index is 0.0890. The number of hydrogen-bond donors (Lipinski definition) is 3. The molecule has 8 nitrogen and oxygen atoms in total. The fourth-order valence-corrected chi connectivity index (χ4v) is 4.68. The molecule has 0 radical (unpaired) electrons. The van der Waals surface area contributed by atoms with Gasteiger partial charge >= 0.3 is 0 Å². The van der Waals surface area contributed by atoms with Gasteiger partial charge in [0.25, 0.3) is 5.91 Å². The van der Waals surface area contributed by atoms with E-state index in [0.717, 1.165) is 16.7 Å². The van der Waals surface area contributed by atoms with E-state index in [4.69, 9.17) is 9.84 Å². The number of phenolic OH excluding ortho intramolecular Hbond substituents is 2. The molecule has 37 heavy (non-hydrogen) atoms. The summed E-state index contributed by atoms with van der Waals surface area (Å²) in [7, 11) is 1.61. The Labute approximate surface area is 215 Å². The van der Waals surface area contributed by atoms with Crippen LogP contribution >= 0.6 is 0 Å². The first kappa shape index (κ1) is 24.2. The molecule has 1 aliphatic rings. The van der Waals surface area contributed by atoms with Crippen LogP contribution in [0.5, 0.6) is 17.2 Å². The summed E-state index contributed by atoms with van der Waals surface area (Å²) in [6.07, 6.45) is 0. The molecule has 0 aliphatic carbocycles. The third-order valence-electron chi connectivity index (χ3n) is 6.43. The molecule has 4 aromatic rings. The Morgan fingerprint density at radius 1 is 0.973 bits per heavy atom. The van der Waals surface area contributed by atoms with Gasteiger partial charge in [-0.05, 0) is 44.0 Å². The minimum atomic E-state index is -0.414. The first-order valence-electron chi connectivity index (χ1n) is 12.1. The lowest BCUT2D eigenvalue weighted by atomic mass is 10.1. The molecule has 0 bridgehead atoms. The summed E-state index contributed by atoms with van der Waals surface area (Å²) >= 11 is 0. The van der Waals surface area contributed by atoms with Crippen LogP contribution in [0.1, 0.15) is 42.3 Å². The second-order valence-corrected chi connectivity index (χ2v) is 10.1. The molecule has 1 aliphatic heterocycles. The first-order valence-corrected chi connectivity index (χ1v) is 12.1. The van der Waals surface area contributed by atoms with Crippen LogP contribution in [0.3, 0.4) is 0 Å². The summed E-state index contributed by atoms with van der Waals surface area (Å²) in [4.78, 5) is 15.3. The largest absolute Gasteiger partial charge is 0.508 e. The molecule has 1 amide bonds. The van der Waals surface area contributed by atoms with Crippen LogP contribution in [-0.4, -0.2) is 37.9 Å². The number of fused-ring (bicyclic) bond motifs is 1. The fraction of sp³-hybridized carbons (Fsp3) is 0.241. The summed E-state index contributed by atoms with van der Waals surface area (Å²) in [5, 5.41) is 29.2. The predicted octanol–water partition coefficient (Wildman–Crippen LogP) is 5.62. The maximum Gasteiger partial charge on any atom is 0.260 e. The average Bonchev–Trinajstić information content (AvgIpc) is 3.48. The number of methoxy groups -OCH3 is 1. The third kappa shape index (κ3) is 4.58. The molecule has 3 aromatic carbocycles. The lowest BCUT2D eigenvalue weighted by Gasteiger charge is -2.24. The first-order chi connectivity index (χ1) is 17.7. The maximum absolute atomic E-state index is 13.7. The third-order valence-corrected chi connectivity index (χ3v) is 6.43. The second kappa shape index (κ2) is 9.20. The van der Waals surface area contributed by atoms with Gasteiger partial charge in [-0.15, -0.1) is 0 Å². The van der Waals surface area contributed by atoms with Gasteiger partial charge in [0.1, 0.15) is 28.6 Å². The number of aromatic nitrogens is 2. The molecule has 8 heteroatoms. The number of aromatic hydroxyl groups is 2. The molecule has 0 saturated carbocycles. The summed E-state index contributed by atoms with van der Waals surface area (Å²) in [6.45, 7) is 6.96. The lowest BCUT2D eigenvalue weighted by Crippen LogP contribution is -2.27. The van der Waals surface area contributed by atoms with E-state index in [9.17, 15) is 15.0 Å². The topological polar surface area (TPSA) is 99.8 Å². The number of carbonyl (C=O) groups excluding carboxylic acids is 1. The van der Waals surface area contributed by atoms with Gasteiger partial charge in [0.05, 0.1) is 24.0 Å². The molecule has 0 unspecified atom stereocenters. The zero-order valence-corrected chi connectivity index (χ0v) is 21.3. The van der Waals surface area contributed by atoms with Crippen molar-refractivity contribution in [2.24, 2.45) is 0 Å². The molecule has 3 N–H and O–H groups in total. The number of nitrogens with zero attached hydrogens (tertiary/aromatic N) is 3. The Bertz CT molecular complexity index is 1460. The number of hydrogen-bond acceptors (Lipinski definition) is 6. The molecule has 190 valence electrons. The van der Waals surface area contributed by atoms with Gasteiger partial charge < -0.3 is 25.2 Å². The van der Waals surface area contributed by atoms with E-state index in [1.807, 2.05) is 80.1 Å². The van der Waals surface area contributed by atoms with Crippen LogP contribution in [0.4, 0.5) is 11.5 Å². The standard InChI is InChI=1S/C29H30N4O4/c1-29(2,3)33-26(15-22(31-33)21-11-7-8-12-25(21)37-4)30-23-13-20(34)14-24(35)27(23)28(36)32-16-18-9-5-6-10-19(18)17-32/h5-15,30,34-35H,16-17H2,1-4H3. The lowest BCUT2D eigenvalue weighted by molar-refractivity contribution is 0.0749. The fourth-order valence-electron chi connectivity index (χ4n) is 4.68. The van der Waals surface area contributed by atoms with Crippen molar-refractivity contribution in [2.45, 2.75) is 39.4 Å². The Morgan fingerprint density at radius 3 is 2.27 bits per heavy atom. The van der Waals surface area contributed by atoms with Crippen molar-refractivity contribution >= 4 is 17.4 Å². The van der Waals surface area contributed by atoms with E-state index in [1.54, 1.807) is 12.0 Å². The Kier molecular flexibility index (Phi) is 6.03. The van der Waals surface area contributed by atoms with Gasteiger partial charge in [0.15, 0.2) is 0 Å². The van der Waals surface area contributed by atoms with Crippen LogP contribution < -0.4 is 10.1 Å². The second-order valence-electron chi connectivity index (χ2n) is 10.1. The molecule has 0 saturated heterocycles. The van der Waals surface area contributed by atoms with Gasteiger partial charge in [0.2, 0.25) is 0 Å². The van der Waals surface area contributed by atoms with Gasteiger partial charge in [-0.2, -0.15) is 5.10 Å². The van der Waals surface area contributed by atoms with Crippen LogP contribution in [0.15, 0.2) is 66.7 Å². The van der Waals surface area contributed by atoms with E-state index >= 15 is 0 Å². The molecule has 1 aromatic heterocycles. The number of phenols is 2. The zero-order chi connectivity index (χ0) is 26.3. The Balaban J connectivity index is 1.56. The van der Waals surface area contributed by atoms with E-state index in [2.05, 4.69) is 5.32 Å². The number of ether oxygens (including phenoxy) is 1. The predicted molar refractivity (Wildman–Crippen MR) is 142 cm³/mol. The number of amides is 1. The molecular formula is C29H30N4O4. The highest BCUT2D eigenvalue weighted by atomic mass is 16.5. The highest BCUT2D eigenvalue weighted by Crippen LogP contribution is 2.38. The van der Waals surface area contributed by atoms with E-state index in [-0.39, 0.29) is 28.7 Å². The minimum Gasteiger partial charge on any atom is -0.508 e. The number of rotatable bonds is 5. The number of para-hydroxylation sites is 1. The van der Waals surface area contributed by atoms with E-state index in [1.165, 1.54) is 12.1 Å². The summed E-state index contributed by atoms with van der Waals surface area (Å²) in [6, 6.07) is 20.0. The van der Waals surface area contributed by atoms with Crippen LogP contribution in [0, 0.1) is 0 Å². The van der Waals surface area contributed by atoms with Crippen molar-refractivity contribution < 1.29 is 19.7 Å². The Hall–Kier alpha value is -4.46. The van der Waals surface area contributed by atoms with Crippen molar-refractivity contribution in [3.63, 3.8) is 0 Å². The molecule has 2 heterocycles. The van der Waals surface area contributed by atoms with Gasteiger partial charge in [-0.1, -0.05) is 36.4 Å². The highest BCUT2D eigenvalue weighted by molar-refractivity contribution is 6.03. The summed E-state index contributed by atoms with van der Waals surface area (Å²) in [5.41, 5.74) is 3.62. The normalized spacial score (nSPS) is 12.9. The molecule has 0 spiro atoms. The molecule has 0 fully saturated rings. The summed E-state index contributed by atoms with van der Waals surface area (Å²) in [5.74, 6) is 0.496. The number of anilines is 2. The molecule has 0 atom stereocenters. The van der Waals surface area contributed by atoms with Crippen molar-refractivity contribution in [1.82, 2.24) is 14.7 Å². The van der Waals surface area contributed by atoms with Crippen LogP contribution in [0.2, 0.25) is 0 Å².